The average molecular weight is 270 g/mol. The predicted octanol–water partition coefficient (Wildman–Crippen LogP) is 1.41. The van der Waals surface area contributed by atoms with E-state index in [9.17, 15) is 0 Å². The van der Waals surface area contributed by atoms with E-state index in [1.54, 1.807) is 0 Å². The number of hydrogen-bond donors (Lipinski definition) is 1. The summed E-state index contributed by atoms with van der Waals surface area (Å²) < 4.78 is 16.7. The first kappa shape index (κ1) is 15.8. The van der Waals surface area contributed by atoms with Crippen molar-refractivity contribution < 1.29 is 14.2 Å². The van der Waals surface area contributed by atoms with Crippen molar-refractivity contribution in [2.75, 3.05) is 19.8 Å². The number of rotatable bonds is 8. The molecule has 0 aliphatic rings. The molecule has 0 aliphatic carbocycles. The van der Waals surface area contributed by atoms with Crippen LogP contribution in [0.4, 0.5) is 0 Å². The number of hydrogen-bond acceptors (Lipinski definition) is 5. The van der Waals surface area contributed by atoms with Gasteiger partial charge in [-0.05, 0) is 27.7 Å². The van der Waals surface area contributed by atoms with E-state index in [4.69, 9.17) is 14.2 Å². The summed E-state index contributed by atoms with van der Waals surface area (Å²) in [6.45, 7) is 9.63. The molecule has 0 saturated carbocycles. The van der Waals surface area contributed by atoms with E-state index in [0.29, 0.717) is 19.8 Å². The fourth-order valence-corrected chi connectivity index (χ4v) is 3.06. The lowest BCUT2D eigenvalue weighted by molar-refractivity contribution is -0.268. The highest BCUT2D eigenvalue weighted by Crippen LogP contribution is 2.40. The van der Waals surface area contributed by atoms with Gasteiger partial charge >= 0.3 is 0 Å². The summed E-state index contributed by atoms with van der Waals surface area (Å²) >= 11 is 4.28. The van der Waals surface area contributed by atoms with E-state index in [0.717, 1.165) is 10.2 Å². The van der Waals surface area contributed by atoms with E-state index in [2.05, 4.69) is 11.7 Å². The second-order valence-corrected chi connectivity index (χ2v) is 6.92. The highest BCUT2D eigenvalue weighted by atomic mass is 33.1. The van der Waals surface area contributed by atoms with Gasteiger partial charge in [-0.25, -0.2) is 0 Å². The Morgan fingerprint density at radius 1 is 1.07 bits per heavy atom. The SMILES string of the molecule is CCOC(C)(OCC)C([SiH3])(OCC)SS. The summed E-state index contributed by atoms with van der Waals surface area (Å²) in [4.78, 5) is 0. The van der Waals surface area contributed by atoms with Gasteiger partial charge in [-0.3, -0.25) is 0 Å². The molecule has 0 bridgehead atoms. The topological polar surface area (TPSA) is 27.7 Å². The molecule has 6 heteroatoms. The molecule has 0 aliphatic heterocycles. The molecule has 0 aromatic heterocycles. The van der Waals surface area contributed by atoms with Crippen LogP contribution in [0.3, 0.4) is 0 Å². The first-order valence-corrected chi connectivity index (χ1v) is 8.11. The zero-order valence-corrected chi connectivity index (χ0v) is 13.9. The van der Waals surface area contributed by atoms with Crippen LogP contribution in [0.1, 0.15) is 27.7 Å². The molecule has 0 aromatic carbocycles. The first-order valence-electron chi connectivity index (χ1n) is 5.24. The standard InChI is InChI=1S/C9H22O3S2Si/c1-5-10-8(4,11-6-2)9(15,14-13)12-7-3/h13H,5-7H2,1-4,15H3. The van der Waals surface area contributed by atoms with Gasteiger partial charge in [0.1, 0.15) is 0 Å². The maximum Gasteiger partial charge on any atom is 0.200 e. The Morgan fingerprint density at radius 2 is 1.47 bits per heavy atom. The highest BCUT2D eigenvalue weighted by molar-refractivity contribution is 8.69. The zero-order chi connectivity index (χ0) is 11.9. The third kappa shape index (κ3) is 3.94. The van der Waals surface area contributed by atoms with Crippen LogP contribution in [0, 0.1) is 0 Å². The fraction of sp³-hybridized carbons (Fsp3) is 1.00. The van der Waals surface area contributed by atoms with E-state index in [1.807, 2.05) is 27.7 Å². The van der Waals surface area contributed by atoms with Crippen molar-refractivity contribution in [3.8, 4) is 0 Å². The van der Waals surface area contributed by atoms with Crippen LogP contribution < -0.4 is 0 Å². The maximum absolute atomic E-state index is 5.75. The molecule has 0 heterocycles. The monoisotopic (exact) mass is 270 g/mol. The minimum Gasteiger partial charge on any atom is -0.363 e. The zero-order valence-electron chi connectivity index (χ0n) is 10.2. The number of ether oxygens (including phenoxy) is 3. The normalized spacial score (nSPS) is 16.6. The van der Waals surface area contributed by atoms with Crippen LogP contribution in [0.5, 0.6) is 0 Å². The second kappa shape index (κ2) is 7.19. The van der Waals surface area contributed by atoms with Gasteiger partial charge in [0.2, 0.25) is 5.79 Å². The van der Waals surface area contributed by atoms with Gasteiger partial charge in [-0.1, -0.05) is 10.8 Å². The Kier molecular flexibility index (Phi) is 7.57. The van der Waals surface area contributed by atoms with Crippen LogP contribution in [0.2, 0.25) is 0 Å². The molecular formula is C9H22O3S2Si. The smallest absolute Gasteiger partial charge is 0.200 e. The van der Waals surface area contributed by atoms with Gasteiger partial charge in [0.25, 0.3) is 0 Å². The van der Waals surface area contributed by atoms with Gasteiger partial charge in [0.05, 0.1) is 10.2 Å². The lowest BCUT2D eigenvalue weighted by Crippen LogP contribution is -2.55. The van der Waals surface area contributed by atoms with Crippen molar-refractivity contribution in [3.05, 3.63) is 0 Å². The molecule has 0 radical (unpaired) electrons. The molecule has 0 rings (SSSR count). The van der Waals surface area contributed by atoms with Gasteiger partial charge < -0.3 is 14.2 Å². The lowest BCUT2D eigenvalue weighted by Gasteiger charge is -2.43. The van der Waals surface area contributed by atoms with Crippen molar-refractivity contribution in [3.63, 3.8) is 0 Å². The predicted molar refractivity (Wildman–Crippen MR) is 72.5 cm³/mol. The summed E-state index contributed by atoms with van der Waals surface area (Å²) in [6.07, 6.45) is 0. The van der Waals surface area contributed by atoms with Crippen LogP contribution >= 0.6 is 22.5 Å². The van der Waals surface area contributed by atoms with Crippen LogP contribution in [-0.2, 0) is 14.2 Å². The molecule has 0 N–H and O–H groups in total. The van der Waals surface area contributed by atoms with Crippen molar-refractivity contribution in [1.29, 1.82) is 0 Å². The molecule has 92 valence electrons. The van der Waals surface area contributed by atoms with E-state index < -0.39 is 10.3 Å². The van der Waals surface area contributed by atoms with Crippen molar-refractivity contribution >= 4 is 32.7 Å². The molecular weight excluding hydrogens is 248 g/mol. The van der Waals surface area contributed by atoms with Crippen molar-refractivity contribution in [2.45, 2.75) is 38.0 Å². The molecule has 0 spiro atoms. The van der Waals surface area contributed by atoms with E-state index >= 15 is 0 Å². The minimum absolute atomic E-state index is 0.475. The summed E-state index contributed by atoms with van der Waals surface area (Å²) in [6, 6.07) is 0. The third-order valence-electron chi connectivity index (χ3n) is 2.26. The molecule has 0 fully saturated rings. The van der Waals surface area contributed by atoms with Crippen LogP contribution in [-0.4, -0.2) is 40.4 Å². The Balaban J connectivity index is 4.81. The first-order chi connectivity index (χ1) is 6.99. The Morgan fingerprint density at radius 3 is 1.73 bits per heavy atom. The molecule has 0 saturated heterocycles. The quantitative estimate of drug-likeness (QED) is 0.312. The summed E-state index contributed by atoms with van der Waals surface area (Å²) in [5.41, 5.74) is 0. The molecule has 15 heavy (non-hydrogen) atoms. The van der Waals surface area contributed by atoms with E-state index in [1.165, 1.54) is 10.8 Å². The molecule has 0 aromatic rings. The van der Waals surface area contributed by atoms with Crippen LogP contribution in [0.25, 0.3) is 0 Å². The average Bonchev–Trinajstić information content (AvgIpc) is 2.18. The van der Waals surface area contributed by atoms with Crippen molar-refractivity contribution in [2.24, 2.45) is 0 Å². The van der Waals surface area contributed by atoms with Gasteiger partial charge in [-0.2, -0.15) is 0 Å². The van der Waals surface area contributed by atoms with Crippen LogP contribution in [0.15, 0.2) is 0 Å². The van der Waals surface area contributed by atoms with Crippen molar-refractivity contribution in [1.82, 2.24) is 0 Å². The fourth-order valence-electron chi connectivity index (χ4n) is 1.37. The molecule has 1 unspecified atom stereocenters. The maximum atomic E-state index is 5.75. The highest BCUT2D eigenvalue weighted by Gasteiger charge is 2.47. The van der Waals surface area contributed by atoms with Gasteiger partial charge in [-0.15, -0.1) is 11.7 Å². The van der Waals surface area contributed by atoms with E-state index in [-0.39, 0.29) is 0 Å². The number of thiol groups is 1. The molecule has 0 amide bonds. The lowest BCUT2D eigenvalue weighted by atomic mass is 10.3. The molecule has 3 nitrogen and oxygen atoms in total. The summed E-state index contributed by atoms with van der Waals surface area (Å²) in [5.74, 6) is -0.717. The summed E-state index contributed by atoms with van der Waals surface area (Å²) in [7, 11) is 2.15. The Hall–Kier alpha value is 0.797. The van der Waals surface area contributed by atoms with Gasteiger partial charge in [0.15, 0.2) is 4.56 Å². The largest absolute Gasteiger partial charge is 0.363 e. The Bertz CT molecular complexity index is 177. The van der Waals surface area contributed by atoms with Gasteiger partial charge in [0, 0.05) is 19.8 Å². The molecule has 1 atom stereocenters. The Labute approximate surface area is 105 Å². The second-order valence-electron chi connectivity index (χ2n) is 3.28. The third-order valence-corrected chi connectivity index (χ3v) is 6.98. The minimum atomic E-state index is -0.717. The summed E-state index contributed by atoms with van der Waals surface area (Å²) in [5, 5.41) is 0.